The van der Waals surface area contributed by atoms with Crippen LogP contribution in [0.15, 0.2) is 23.6 Å². The Kier molecular flexibility index (Phi) is 2.96. The number of nitrogens with zero attached hydrogens (tertiary/aromatic N) is 2. The van der Waals surface area contributed by atoms with Crippen LogP contribution in [-0.2, 0) is 13.0 Å². The van der Waals surface area contributed by atoms with Gasteiger partial charge >= 0.3 is 0 Å². The van der Waals surface area contributed by atoms with Crippen molar-refractivity contribution in [3.05, 3.63) is 39.8 Å². The predicted octanol–water partition coefficient (Wildman–Crippen LogP) is 2.99. The Labute approximate surface area is 111 Å². The van der Waals surface area contributed by atoms with E-state index < -0.39 is 0 Å². The maximum Gasteiger partial charge on any atom is 0.112 e. The highest BCUT2D eigenvalue weighted by molar-refractivity contribution is 7.09. The second-order valence-electron chi connectivity index (χ2n) is 4.80. The highest BCUT2D eigenvalue weighted by Gasteiger charge is 2.17. The summed E-state index contributed by atoms with van der Waals surface area (Å²) in [5.41, 5.74) is 10.5. The minimum Gasteiger partial charge on any atom is -0.399 e. The molecule has 0 radical (unpaired) electrons. The third kappa shape index (κ3) is 2.20. The minimum absolute atomic E-state index is 0.862. The Bertz CT molecular complexity index is 562. The molecule has 0 spiro atoms. The van der Waals surface area contributed by atoms with E-state index in [0.29, 0.717) is 0 Å². The van der Waals surface area contributed by atoms with Crippen molar-refractivity contribution in [2.45, 2.75) is 26.3 Å². The molecule has 94 valence electrons. The van der Waals surface area contributed by atoms with E-state index in [4.69, 9.17) is 5.73 Å². The van der Waals surface area contributed by atoms with Crippen LogP contribution >= 0.6 is 11.3 Å². The van der Waals surface area contributed by atoms with E-state index in [-0.39, 0.29) is 0 Å². The Hall–Kier alpha value is -1.55. The van der Waals surface area contributed by atoms with Gasteiger partial charge in [0.15, 0.2) is 0 Å². The molecule has 3 rings (SSSR count). The molecular formula is C14H17N3S. The smallest absolute Gasteiger partial charge is 0.112 e. The van der Waals surface area contributed by atoms with Gasteiger partial charge in [-0.05, 0) is 43.5 Å². The first-order valence-electron chi connectivity index (χ1n) is 6.27. The number of aryl methyl sites for hydroxylation is 2. The SMILES string of the molecule is Cc1csc(CN2CCCc3cc(N)ccc32)n1. The highest BCUT2D eigenvalue weighted by atomic mass is 32.1. The van der Waals surface area contributed by atoms with Gasteiger partial charge in [0.25, 0.3) is 0 Å². The number of aromatic nitrogens is 1. The molecule has 0 amide bonds. The molecule has 2 N–H and O–H groups in total. The van der Waals surface area contributed by atoms with Crippen LogP contribution < -0.4 is 10.6 Å². The van der Waals surface area contributed by atoms with Crippen LogP contribution in [0.2, 0.25) is 0 Å². The molecule has 1 aliphatic heterocycles. The standard InChI is InChI=1S/C14H17N3S/c1-10-9-18-14(16-10)8-17-6-2-3-11-7-12(15)4-5-13(11)17/h4-5,7,9H,2-3,6,8,15H2,1H3. The van der Waals surface area contributed by atoms with Crippen LogP contribution in [0.4, 0.5) is 11.4 Å². The van der Waals surface area contributed by atoms with Gasteiger partial charge in [-0.1, -0.05) is 0 Å². The summed E-state index contributed by atoms with van der Waals surface area (Å²) in [6.45, 7) is 4.07. The molecule has 1 aromatic carbocycles. The summed E-state index contributed by atoms with van der Waals surface area (Å²) in [5.74, 6) is 0. The van der Waals surface area contributed by atoms with Gasteiger partial charge in [0.2, 0.25) is 0 Å². The molecular weight excluding hydrogens is 242 g/mol. The van der Waals surface area contributed by atoms with Crippen LogP contribution in [-0.4, -0.2) is 11.5 Å². The van der Waals surface area contributed by atoms with Crippen molar-refractivity contribution in [1.82, 2.24) is 4.98 Å². The number of hydrogen-bond acceptors (Lipinski definition) is 4. The molecule has 18 heavy (non-hydrogen) atoms. The highest BCUT2D eigenvalue weighted by Crippen LogP contribution is 2.30. The van der Waals surface area contributed by atoms with Crippen molar-refractivity contribution in [1.29, 1.82) is 0 Å². The maximum absolute atomic E-state index is 5.85. The zero-order chi connectivity index (χ0) is 12.5. The molecule has 3 nitrogen and oxygen atoms in total. The van der Waals surface area contributed by atoms with E-state index >= 15 is 0 Å². The summed E-state index contributed by atoms with van der Waals surface area (Å²) in [4.78, 5) is 6.96. The molecule has 0 saturated carbocycles. The monoisotopic (exact) mass is 259 g/mol. The molecule has 1 aromatic heterocycles. The average molecular weight is 259 g/mol. The van der Waals surface area contributed by atoms with Crippen LogP contribution in [0.3, 0.4) is 0 Å². The first kappa shape index (κ1) is 11.5. The quantitative estimate of drug-likeness (QED) is 0.843. The van der Waals surface area contributed by atoms with Gasteiger partial charge in [0.1, 0.15) is 5.01 Å². The molecule has 2 aromatic rings. The summed E-state index contributed by atoms with van der Waals surface area (Å²) in [6, 6.07) is 6.24. The number of fused-ring (bicyclic) bond motifs is 1. The van der Waals surface area contributed by atoms with Crippen molar-refractivity contribution < 1.29 is 0 Å². The summed E-state index contributed by atoms with van der Waals surface area (Å²) < 4.78 is 0. The van der Waals surface area contributed by atoms with Gasteiger partial charge < -0.3 is 10.6 Å². The largest absolute Gasteiger partial charge is 0.399 e. The van der Waals surface area contributed by atoms with Gasteiger partial charge in [-0.3, -0.25) is 0 Å². The summed E-state index contributed by atoms with van der Waals surface area (Å²) in [7, 11) is 0. The lowest BCUT2D eigenvalue weighted by molar-refractivity contribution is 0.689. The van der Waals surface area contributed by atoms with Crippen molar-refractivity contribution in [2.24, 2.45) is 0 Å². The van der Waals surface area contributed by atoms with E-state index in [1.54, 1.807) is 11.3 Å². The van der Waals surface area contributed by atoms with Crippen molar-refractivity contribution in [3.63, 3.8) is 0 Å². The van der Waals surface area contributed by atoms with Crippen molar-refractivity contribution >= 4 is 22.7 Å². The fourth-order valence-electron chi connectivity index (χ4n) is 2.50. The molecule has 0 unspecified atom stereocenters. The number of benzene rings is 1. The Balaban J connectivity index is 1.87. The first-order chi connectivity index (χ1) is 8.72. The number of nitrogens with two attached hydrogens (primary N) is 1. The number of thiazole rings is 1. The number of nitrogen functional groups attached to an aromatic ring is 1. The van der Waals surface area contributed by atoms with Gasteiger partial charge in [0, 0.05) is 29.0 Å². The first-order valence-corrected chi connectivity index (χ1v) is 7.15. The minimum atomic E-state index is 0.862. The lowest BCUT2D eigenvalue weighted by Crippen LogP contribution is -2.28. The predicted molar refractivity (Wildman–Crippen MR) is 77.1 cm³/mol. The van der Waals surface area contributed by atoms with E-state index in [9.17, 15) is 0 Å². The van der Waals surface area contributed by atoms with E-state index in [1.165, 1.54) is 22.7 Å². The molecule has 0 atom stereocenters. The number of rotatable bonds is 2. The third-order valence-corrected chi connectivity index (χ3v) is 4.26. The number of anilines is 2. The Morgan fingerprint density at radius 3 is 3.11 bits per heavy atom. The van der Waals surface area contributed by atoms with Gasteiger partial charge in [-0.15, -0.1) is 11.3 Å². The second kappa shape index (κ2) is 4.61. The molecule has 1 aliphatic rings. The molecule has 0 aliphatic carbocycles. The second-order valence-corrected chi connectivity index (χ2v) is 5.74. The van der Waals surface area contributed by atoms with Gasteiger partial charge in [0.05, 0.1) is 6.54 Å². The Morgan fingerprint density at radius 2 is 2.33 bits per heavy atom. The van der Waals surface area contributed by atoms with Crippen LogP contribution in [0.5, 0.6) is 0 Å². The summed E-state index contributed by atoms with van der Waals surface area (Å²) in [5, 5.41) is 3.31. The zero-order valence-corrected chi connectivity index (χ0v) is 11.3. The average Bonchev–Trinajstić information content (AvgIpc) is 2.75. The third-order valence-electron chi connectivity index (χ3n) is 3.31. The van der Waals surface area contributed by atoms with E-state index in [0.717, 1.165) is 30.9 Å². The fourth-order valence-corrected chi connectivity index (χ4v) is 3.28. The van der Waals surface area contributed by atoms with E-state index in [1.807, 2.05) is 13.0 Å². The number of hydrogen-bond donors (Lipinski definition) is 1. The Morgan fingerprint density at radius 1 is 1.44 bits per heavy atom. The summed E-state index contributed by atoms with van der Waals surface area (Å²) in [6.07, 6.45) is 2.33. The van der Waals surface area contributed by atoms with Gasteiger partial charge in [-0.25, -0.2) is 4.98 Å². The van der Waals surface area contributed by atoms with Crippen molar-refractivity contribution in [2.75, 3.05) is 17.2 Å². The van der Waals surface area contributed by atoms with Crippen LogP contribution in [0.25, 0.3) is 0 Å². The topological polar surface area (TPSA) is 42.1 Å². The van der Waals surface area contributed by atoms with E-state index in [2.05, 4.69) is 27.4 Å². The molecule has 2 heterocycles. The zero-order valence-electron chi connectivity index (χ0n) is 10.5. The van der Waals surface area contributed by atoms with Gasteiger partial charge in [-0.2, -0.15) is 0 Å². The molecule has 0 fully saturated rings. The fraction of sp³-hybridized carbons (Fsp3) is 0.357. The lowest BCUT2D eigenvalue weighted by atomic mass is 10.0. The lowest BCUT2D eigenvalue weighted by Gasteiger charge is -2.30. The molecule has 0 saturated heterocycles. The molecule has 4 heteroatoms. The maximum atomic E-state index is 5.85. The molecule has 0 bridgehead atoms. The van der Waals surface area contributed by atoms with Crippen LogP contribution in [0, 0.1) is 6.92 Å². The van der Waals surface area contributed by atoms with Crippen LogP contribution in [0.1, 0.15) is 22.7 Å². The normalized spacial score (nSPS) is 14.6. The summed E-state index contributed by atoms with van der Waals surface area (Å²) >= 11 is 1.74. The van der Waals surface area contributed by atoms with Crippen molar-refractivity contribution in [3.8, 4) is 0 Å².